The van der Waals surface area contributed by atoms with Crippen LogP contribution in [0.2, 0.25) is 0 Å². The summed E-state index contributed by atoms with van der Waals surface area (Å²) in [6, 6.07) is 0. The fourth-order valence-corrected chi connectivity index (χ4v) is 2.24. The number of nitrogens with zero attached hydrogens (tertiary/aromatic N) is 1. The molecular weight excluding hydrogens is 256 g/mol. The third-order valence-corrected chi connectivity index (χ3v) is 3.64. The van der Waals surface area contributed by atoms with Gasteiger partial charge in [0.1, 0.15) is 0 Å². The van der Waals surface area contributed by atoms with Crippen LogP contribution in [0.3, 0.4) is 0 Å². The Kier molecular flexibility index (Phi) is 8.49. The van der Waals surface area contributed by atoms with Crippen LogP contribution in [-0.4, -0.2) is 55.7 Å². The van der Waals surface area contributed by atoms with Gasteiger partial charge in [-0.25, -0.2) is 0 Å². The first-order valence-corrected chi connectivity index (χ1v) is 9.29. The molecule has 0 spiro atoms. The Bertz CT molecular complexity index is 237. The average Bonchev–Trinajstić information content (AvgIpc) is 2.25. The predicted octanol–water partition coefficient (Wildman–Crippen LogP) is 1.58. The molecule has 0 aliphatic rings. The van der Waals surface area contributed by atoms with Crippen LogP contribution < -0.4 is 0 Å². The molecule has 5 atom stereocenters. The van der Waals surface area contributed by atoms with E-state index in [1.54, 1.807) is 21.0 Å². The highest BCUT2D eigenvalue weighted by atomic mass is 32.0. The van der Waals surface area contributed by atoms with Crippen molar-refractivity contribution in [1.82, 2.24) is 4.90 Å². The zero-order chi connectivity index (χ0) is 13.6. The number of aliphatic hydroxyl groups is 1. The molecule has 0 heterocycles. The fourth-order valence-electron chi connectivity index (χ4n) is 1.53. The zero-order valence-electron chi connectivity index (χ0n) is 11.4. The van der Waals surface area contributed by atoms with Crippen LogP contribution >= 0.6 is 16.5 Å². The molecule has 6 heteroatoms. The lowest BCUT2D eigenvalue weighted by Crippen LogP contribution is -2.39. The van der Waals surface area contributed by atoms with Gasteiger partial charge in [0.25, 0.3) is 0 Å². The van der Waals surface area contributed by atoms with Gasteiger partial charge in [-0.3, -0.25) is 4.79 Å². The van der Waals surface area contributed by atoms with E-state index in [9.17, 15) is 9.90 Å². The Balaban J connectivity index is 4.11. The van der Waals surface area contributed by atoms with Crippen molar-refractivity contribution in [3.05, 3.63) is 0 Å². The summed E-state index contributed by atoms with van der Waals surface area (Å²) in [6.07, 6.45) is 0.0602. The summed E-state index contributed by atoms with van der Waals surface area (Å²) >= 11 is 0. The maximum Gasteiger partial charge on any atom is 0.227 e. The van der Waals surface area contributed by atoms with Gasteiger partial charge >= 0.3 is 0 Å². The van der Waals surface area contributed by atoms with Crippen molar-refractivity contribution in [2.45, 2.75) is 20.0 Å². The van der Waals surface area contributed by atoms with Gasteiger partial charge < -0.3 is 14.7 Å². The molecule has 0 aromatic heterocycles. The van der Waals surface area contributed by atoms with Gasteiger partial charge in [-0.2, -0.15) is 0 Å². The molecule has 0 aliphatic carbocycles. The van der Waals surface area contributed by atoms with E-state index in [2.05, 4.69) is 15.6 Å². The van der Waals surface area contributed by atoms with Crippen molar-refractivity contribution in [1.29, 1.82) is 0 Å². The fraction of sp³-hybridized carbons (Fsp3) is 0.909. The van der Waals surface area contributed by atoms with Gasteiger partial charge in [0.2, 0.25) is 5.91 Å². The molecule has 1 amide bonds. The van der Waals surface area contributed by atoms with Crippen LogP contribution in [0.1, 0.15) is 13.8 Å². The summed E-state index contributed by atoms with van der Waals surface area (Å²) in [4.78, 5) is 13.2. The quantitative estimate of drug-likeness (QED) is 0.721. The first kappa shape index (κ1) is 17.2. The molecule has 4 nitrogen and oxygen atoms in total. The van der Waals surface area contributed by atoms with E-state index in [0.717, 1.165) is 0 Å². The Hall–Kier alpha value is 0.250. The first-order chi connectivity index (χ1) is 7.77. The topological polar surface area (TPSA) is 49.8 Å². The van der Waals surface area contributed by atoms with Gasteiger partial charge in [0, 0.05) is 20.0 Å². The molecular formula is C11H25NO3P2. The number of carbonyl (C=O) groups is 1. The number of amides is 1. The van der Waals surface area contributed by atoms with E-state index in [1.165, 1.54) is 4.90 Å². The predicted molar refractivity (Wildman–Crippen MR) is 76.4 cm³/mol. The van der Waals surface area contributed by atoms with Gasteiger partial charge in [-0.05, 0) is 6.66 Å². The lowest BCUT2D eigenvalue weighted by Gasteiger charge is -2.26. The van der Waals surface area contributed by atoms with E-state index in [4.69, 9.17) is 4.74 Å². The maximum absolute atomic E-state index is 11.7. The Labute approximate surface area is 108 Å². The second kappa shape index (κ2) is 8.37. The number of hydrogen-bond donors (Lipinski definition) is 1. The van der Waals surface area contributed by atoms with Crippen molar-refractivity contribution < 1.29 is 14.6 Å². The second-order valence-electron chi connectivity index (χ2n) is 4.75. The van der Waals surface area contributed by atoms with E-state index >= 15 is 0 Å². The van der Waals surface area contributed by atoms with Crippen molar-refractivity contribution in [3.63, 3.8) is 0 Å². The van der Waals surface area contributed by atoms with E-state index in [1.807, 2.05) is 6.92 Å². The van der Waals surface area contributed by atoms with Crippen molar-refractivity contribution in [2.75, 3.05) is 33.7 Å². The minimum Gasteiger partial charge on any atom is -0.392 e. The molecule has 0 radical (unpaired) electrons. The minimum absolute atomic E-state index is 0.0335. The van der Waals surface area contributed by atoms with Crippen LogP contribution in [-0.2, 0) is 9.53 Å². The largest absolute Gasteiger partial charge is 0.392 e. The van der Waals surface area contributed by atoms with Crippen molar-refractivity contribution in [3.8, 4) is 0 Å². The zero-order valence-corrected chi connectivity index (χ0v) is 13.4. The van der Waals surface area contributed by atoms with Crippen LogP contribution in [0, 0.1) is 11.8 Å². The molecule has 0 saturated heterocycles. The van der Waals surface area contributed by atoms with Gasteiger partial charge in [-0.1, -0.05) is 21.5 Å². The first-order valence-electron chi connectivity index (χ1n) is 5.70. The normalized spacial score (nSPS) is 18.3. The van der Waals surface area contributed by atoms with E-state index < -0.39 is 6.10 Å². The van der Waals surface area contributed by atoms with Crippen molar-refractivity contribution >= 4 is 22.4 Å². The molecule has 17 heavy (non-hydrogen) atoms. The molecule has 0 aromatic carbocycles. The average molecular weight is 281 g/mol. The molecule has 2 unspecified atom stereocenters. The lowest BCUT2D eigenvalue weighted by molar-refractivity contribution is -0.137. The molecule has 0 rings (SSSR count). The van der Waals surface area contributed by atoms with Crippen LogP contribution in [0.4, 0.5) is 0 Å². The standard InChI is InChI=1S/C11H25NO3P2/c1-8(6-15-7-17(5)16)10(13)9(2)11(14)12(3)4/h8-10,13H,6-7,16H2,1-5H3/t8-,9+,10-,17?/m0/s1. The van der Waals surface area contributed by atoms with Crippen LogP contribution in [0.25, 0.3) is 0 Å². The molecule has 1 N–H and O–H groups in total. The molecule has 0 fully saturated rings. The van der Waals surface area contributed by atoms with Gasteiger partial charge in [-0.15, -0.1) is 8.93 Å². The third-order valence-electron chi connectivity index (χ3n) is 2.60. The van der Waals surface area contributed by atoms with Gasteiger partial charge in [0.15, 0.2) is 0 Å². The van der Waals surface area contributed by atoms with Crippen molar-refractivity contribution in [2.24, 2.45) is 11.8 Å². The number of hydrogen-bond acceptors (Lipinski definition) is 3. The number of aliphatic hydroxyl groups excluding tert-OH is 1. The Morgan fingerprint density at radius 3 is 2.41 bits per heavy atom. The molecule has 0 aromatic rings. The lowest BCUT2D eigenvalue weighted by atomic mass is 9.93. The summed E-state index contributed by atoms with van der Waals surface area (Å²) in [6.45, 7) is 6.27. The number of ether oxygens (including phenoxy) is 1. The highest BCUT2D eigenvalue weighted by molar-refractivity contribution is 8.13. The third kappa shape index (κ3) is 6.67. The SMILES string of the molecule is C[C@@H](COCP(C)P)[C@H](O)[C@@H](C)C(=O)N(C)C. The molecule has 0 aliphatic heterocycles. The smallest absolute Gasteiger partial charge is 0.227 e. The summed E-state index contributed by atoms with van der Waals surface area (Å²) in [5.41, 5.74) is 0. The second-order valence-corrected chi connectivity index (χ2v) is 9.16. The van der Waals surface area contributed by atoms with E-state index in [0.29, 0.717) is 13.0 Å². The summed E-state index contributed by atoms with van der Waals surface area (Å²) in [7, 11) is 5.97. The number of rotatable bonds is 7. The Morgan fingerprint density at radius 1 is 1.47 bits per heavy atom. The van der Waals surface area contributed by atoms with Gasteiger partial charge in [0.05, 0.1) is 25.0 Å². The van der Waals surface area contributed by atoms with E-state index in [-0.39, 0.29) is 25.4 Å². The minimum atomic E-state index is -0.655. The summed E-state index contributed by atoms with van der Waals surface area (Å²) < 4.78 is 5.49. The molecule has 102 valence electrons. The molecule has 0 bridgehead atoms. The summed E-state index contributed by atoms with van der Waals surface area (Å²) in [5.74, 6) is -0.468. The highest BCUT2D eigenvalue weighted by Gasteiger charge is 2.27. The Morgan fingerprint density at radius 2 is 2.00 bits per heavy atom. The maximum atomic E-state index is 11.7. The highest BCUT2D eigenvalue weighted by Crippen LogP contribution is 2.39. The monoisotopic (exact) mass is 281 g/mol. The number of carbonyl (C=O) groups excluding carboxylic acids is 1. The molecule has 0 saturated carbocycles. The summed E-state index contributed by atoms with van der Waals surface area (Å²) in [5, 5.41) is 10.0. The van der Waals surface area contributed by atoms with Crippen LogP contribution in [0.15, 0.2) is 0 Å². The van der Waals surface area contributed by atoms with Crippen LogP contribution in [0.5, 0.6) is 0 Å².